The van der Waals surface area contributed by atoms with Crippen molar-refractivity contribution in [2.45, 2.75) is 39.0 Å². The summed E-state index contributed by atoms with van der Waals surface area (Å²) in [6, 6.07) is 0. The monoisotopic (exact) mass is 168 g/mol. The lowest BCUT2D eigenvalue weighted by atomic mass is 10.2. The molecule has 0 N–H and O–H groups in total. The van der Waals surface area contributed by atoms with Gasteiger partial charge in [-0.15, -0.1) is 12.3 Å². The van der Waals surface area contributed by atoms with Gasteiger partial charge in [-0.1, -0.05) is 13.3 Å². The first-order valence-corrected chi connectivity index (χ1v) is 4.40. The molecule has 2 heteroatoms. The minimum absolute atomic E-state index is 0.126. The number of unbranched alkanes of at least 4 members (excludes halogenated alkanes) is 2. The van der Waals surface area contributed by atoms with E-state index in [0.29, 0.717) is 19.4 Å². The van der Waals surface area contributed by atoms with Crippen molar-refractivity contribution in [3.63, 3.8) is 0 Å². The van der Waals surface area contributed by atoms with Crippen LogP contribution in [0.4, 0.5) is 0 Å². The molecule has 0 fully saturated rings. The van der Waals surface area contributed by atoms with E-state index in [9.17, 15) is 4.79 Å². The van der Waals surface area contributed by atoms with Crippen molar-refractivity contribution in [1.82, 2.24) is 0 Å². The molecule has 0 aliphatic heterocycles. The van der Waals surface area contributed by atoms with Crippen LogP contribution in [0.25, 0.3) is 0 Å². The van der Waals surface area contributed by atoms with Gasteiger partial charge in [0.05, 0.1) is 6.61 Å². The molecule has 0 unspecified atom stereocenters. The van der Waals surface area contributed by atoms with E-state index < -0.39 is 0 Å². The molecule has 0 spiro atoms. The number of hydrogen-bond donors (Lipinski definition) is 0. The number of ether oxygens (including phenoxy) is 1. The molecule has 0 aliphatic carbocycles. The van der Waals surface area contributed by atoms with Crippen molar-refractivity contribution in [3.05, 3.63) is 0 Å². The molecule has 0 aromatic heterocycles. The highest BCUT2D eigenvalue weighted by Crippen LogP contribution is 1.97. The van der Waals surface area contributed by atoms with E-state index in [1.807, 2.05) is 0 Å². The lowest BCUT2D eigenvalue weighted by molar-refractivity contribution is -0.143. The van der Waals surface area contributed by atoms with Gasteiger partial charge in [0.2, 0.25) is 0 Å². The fraction of sp³-hybridized carbons (Fsp3) is 0.700. The van der Waals surface area contributed by atoms with E-state index >= 15 is 0 Å². The average Bonchev–Trinajstić information content (AvgIpc) is 2.06. The first kappa shape index (κ1) is 11.0. The Bertz CT molecular complexity index is 156. The predicted molar refractivity (Wildman–Crippen MR) is 48.6 cm³/mol. The molecule has 0 saturated heterocycles. The van der Waals surface area contributed by atoms with Gasteiger partial charge in [0.1, 0.15) is 0 Å². The Labute approximate surface area is 74.3 Å². The van der Waals surface area contributed by atoms with Gasteiger partial charge in [-0.2, -0.15) is 0 Å². The smallest absolute Gasteiger partial charge is 0.305 e. The van der Waals surface area contributed by atoms with Crippen LogP contribution in [0.1, 0.15) is 39.0 Å². The third-order valence-corrected chi connectivity index (χ3v) is 1.46. The zero-order chi connectivity index (χ0) is 9.23. The number of terminal acetylenes is 1. The van der Waals surface area contributed by atoms with Crippen LogP contribution < -0.4 is 0 Å². The van der Waals surface area contributed by atoms with Crippen LogP contribution in [0.15, 0.2) is 0 Å². The molecule has 0 rings (SSSR count). The van der Waals surface area contributed by atoms with E-state index in [1.54, 1.807) is 0 Å². The molecular formula is C10H16O2. The van der Waals surface area contributed by atoms with Gasteiger partial charge in [0.25, 0.3) is 0 Å². The number of hydrogen-bond acceptors (Lipinski definition) is 2. The summed E-state index contributed by atoms with van der Waals surface area (Å²) in [6.45, 7) is 2.61. The Balaban J connectivity index is 3.17. The molecule has 0 radical (unpaired) electrons. The first-order valence-electron chi connectivity index (χ1n) is 4.40. The third-order valence-electron chi connectivity index (χ3n) is 1.46. The number of carbonyl (C=O) groups is 1. The SMILES string of the molecule is C#CCCCC(=O)OCCCC. The highest BCUT2D eigenvalue weighted by Gasteiger charge is 2.00. The van der Waals surface area contributed by atoms with E-state index in [1.165, 1.54) is 0 Å². The van der Waals surface area contributed by atoms with Gasteiger partial charge in [-0.3, -0.25) is 4.79 Å². The molecule has 0 aromatic carbocycles. The molecule has 0 aromatic rings. The van der Waals surface area contributed by atoms with Gasteiger partial charge >= 0.3 is 5.97 Å². The van der Waals surface area contributed by atoms with Crippen LogP contribution in [-0.2, 0) is 9.53 Å². The summed E-state index contributed by atoms with van der Waals surface area (Å²) in [5, 5.41) is 0. The standard InChI is InChI=1S/C10H16O2/c1-3-5-7-8-10(11)12-9-6-4-2/h1H,4-9H2,2H3. The van der Waals surface area contributed by atoms with Crippen LogP contribution in [0.2, 0.25) is 0 Å². The van der Waals surface area contributed by atoms with Crippen molar-refractivity contribution in [3.8, 4) is 12.3 Å². The molecule has 12 heavy (non-hydrogen) atoms. The molecule has 0 heterocycles. The molecule has 0 aliphatic rings. The fourth-order valence-corrected chi connectivity index (χ4v) is 0.737. The molecule has 2 nitrogen and oxygen atoms in total. The van der Waals surface area contributed by atoms with Crippen molar-refractivity contribution < 1.29 is 9.53 Å². The summed E-state index contributed by atoms with van der Waals surface area (Å²) in [5.74, 6) is 2.36. The van der Waals surface area contributed by atoms with Gasteiger partial charge in [-0.25, -0.2) is 0 Å². The topological polar surface area (TPSA) is 26.3 Å². The van der Waals surface area contributed by atoms with Crippen molar-refractivity contribution >= 4 is 5.97 Å². The number of esters is 1. The summed E-state index contributed by atoms with van der Waals surface area (Å²) in [4.78, 5) is 10.9. The van der Waals surface area contributed by atoms with E-state index in [4.69, 9.17) is 11.2 Å². The predicted octanol–water partition coefficient (Wildman–Crippen LogP) is 2.13. The van der Waals surface area contributed by atoms with Crippen molar-refractivity contribution in [1.29, 1.82) is 0 Å². The van der Waals surface area contributed by atoms with E-state index in [-0.39, 0.29) is 5.97 Å². The fourth-order valence-electron chi connectivity index (χ4n) is 0.737. The number of carbonyl (C=O) groups excluding carboxylic acids is 1. The maximum absolute atomic E-state index is 10.9. The summed E-state index contributed by atoms with van der Waals surface area (Å²) in [6.07, 6.45) is 8.88. The average molecular weight is 168 g/mol. The van der Waals surface area contributed by atoms with Crippen molar-refractivity contribution in [2.24, 2.45) is 0 Å². The van der Waals surface area contributed by atoms with Gasteiger partial charge in [0, 0.05) is 12.8 Å². The Morgan fingerprint density at radius 1 is 1.50 bits per heavy atom. The summed E-state index contributed by atoms with van der Waals surface area (Å²) in [5.41, 5.74) is 0. The summed E-state index contributed by atoms with van der Waals surface area (Å²) in [7, 11) is 0. The van der Waals surface area contributed by atoms with Crippen LogP contribution >= 0.6 is 0 Å². The van der Waals surface area contributed by atoms with Crippen molar-refractivity contribution in [2.75, 3.05) is 6.61 Å². The largest absolute Gasteiger partial charge is 0.466 e. The maximum atomic E-state index is 10.9. The van der Waals surface area contributed by atoms with Crippen LogP contribution in [-0.4, -0.2) is 12.6 Å². The first-order chi connectivity index (χ1) is 5.81. The van der Waals surface area contributed by atoms with Crippen LogP contribution in [0, 0.1) is 12.3 Å². The zero-order valence-corrected chi connectivity index (χ0v) is 7.64. The summed E-state index contributed by atoms with van der Waals surface area (Å²) < 4.78 is 4.92. The van der Waals surface area contributed by atoms with Crippen LogP contribution in [0.3, 0.4) is 0 Å². The normalized spacial score (nSPS) is 9.00. The molecule has 0 bridgehead atoms. The van der Waals surface area contributed by atoms with E-state index in [0.717, 1.165) is 19.3 Å². The quantitative estimate of drug-likeness (QED) is 0.345. The summed E-state index contributed by atoms with van der Waals surface area (Å²) >= 11 is 0. The third kappa shape index (κ3) is 7.14. The molecule has 68 valence electrons. The van der Waals surface area contributed by atoms with Gasteiger partial charge in [0.15, 0.2) is 0 Å². The van der Waals surface area contributed by atoms with Gasteiger partial charge in [-0.05, 0) is 12.8 Å². The highest BCUT2D eigenvalue weighted by molar-refractivity contribution is 5.69. The number of rotatable bonds is 6. The Morgan fingerprint density at radius 3 is 2.83 bits per heavy atom. The van der Waals surface area contributed by atoms with E-state index in [2.05, 4.69) is 12.8 Å². The maximum Gasteiger partial charge on any atom is 0.305 e. The second-order valence-corrected chi connectivity index (χ2v) is 2.63. The van der Waals surface area contributed by atoms with Gasteiger partial charge < -0.3 is 4.74 Å². The Kier molecular flexibility index (Phi) is 7.47. The molecule has 0 amide bonds. The lowest BCUT2D eigenvalue weighted by Crippen LogP contribution is -2.04. The minimum Gasteiger partial charge on any atom is -0.466 e. The Morgan fingerprint density at radius 2 is 2.25 bits per heavy atom. The molecule has 0 saturated carbocycles. The highest BCUT2D eigenvalue weighted by atomic mass is 16.5. The van der Waals surface area contributed by atoms with Crippen LogP contribution in [0.5, 0.6) is 0 Å². The minimum atomic E-state index is -0.126. The molecular weight excluding hydrogens is 152 g/mol. The molecule has 0 atom stereocenters. The second kappa shape index (κ2) is 8.13. The Hall–Kier alpha value is -0.970. The second-order valence-electron chi connectivity index (χ2n) is 2.63. The zero-order valence-electron chi connectivity index (χ0n) is 7.64. The lowest BCUT2D eigenvalue weighted by Gasteiger charge is -2.01.